The normalized spacial score (nSPS) is 46.8. The molecule has 0 aromatic rings. The molecule has 4 unspecified atom stereocenters. The van der Waals surface area contributed by atoms with Crippen LogP contribution < -0.4 is 10.6 Å². The predicted molar refractivity (Wildman–Crippen MR) is 75.3 cm³/mol. The van der Waals surface area contributed by atoms with Crippen LogP contribution >= 0.6 is 15.9 Å². The van der Waals surface area contributed by atoms with Crippen LogP contribution in [0, 0.1) is 17.8 Å². The minimum atomic E-state index is 0.581. The standard InChI is InChI=1S/C14H25BrN2/c15-14-12(8-10-4-3-7-16-9-10)11-5-1-2-6-13(11)17-14/h10-14,16-17H,1-9H2/t10-,11?,12?,13?,14?/m1/s1. The van der Waals surface area contributed by atoms with Crippen molar-refractivity contribution < 1.29 is 0 Å². The Bertz CT molecular complexity index is 253. The molecule has 0 bridgehead atoms. The van der Waals surface area contributed by atoms with E-state index in [1.807, 2.05) is 0 Å². The number of nitrogens with one attached hydrogen (secondary N) is 2. The molecule has 17 heavy (non-hydrogen) atoms. The van der Waals surface area contributed by atoms with Crippen LogP contribution in [0.5, 0.6) is 0 Å². The lowest BCUT2D eigenvalue weighted by molar-refractivity contribution is 0.223. The van der Waals surface area contributed by atoms with Crippen molar-refractivity contribution in [2.24, 2.45) is 17.8 Å². The molecule has 2 aliphatic heterocycles. The van der Waals surface area contributed by atoms with Gasteiger partial charge in [0.1, 0.15) is 0 Å². The summed E-state index contributed by atoms with van der Waals surface area (Å²) in [6.07, 6.45) is 10.0. The van der Waals surface area contributed by atoms with Crippen molar-refractivity contribution in [1.82, 2.24) is 10.6 Å². The van der Waals surface area contributed by atoms with E-state index in [2.05, 4.69) is 26.6 Å². The lowest BCUT2D eigenvalue weighted by atomic mass is 9.76. The molecule has 98 valence electrons. The van der Waals surface area contributed by atoms with Gasteiger partial charge in [-0.25, -0.2) is 0 Å². The predicted octanol–water partition coefficient (Wildman–Crippen LogP) is 2.88. The molecule has 0 amide bonds. The van der Waals surface area contributed by atoms with Crippen LogP contribution in [0.2, 0.25) is 0 Å². The largest absolute Gasteiger partial charge is 0.316 e. The van der Waals surface area contributed by atoms with Gasteiger partial charge in [0.05, 0.1) is 4.95 Å². The summed E-state index contributed by atoms with van der Waals surface area (Å²) in [6, 6.07) is 0.815. The van der Waals surface area contributed by atoms with Crippen LogP contribution in [-0.4, -0.2) is 24.1 Å². The first kappa shape index (κ1) is 12.4. The molecule has 0 aromatic carbocycles. The van der Waals surface area contributed by atoms with E-state index >= 15 is 0 Å². The summed E-state index contributed by atoms with van der Waals surface area (Å²) in [6.45, 7) is 2.50. The highest BCUT2D eigenvalue weighted by Gasteiger charge is 2.43. The van der Waals surface area contributed by atoms with Crippen molar-refractivity contribution in [3.63, 3.8) is 0 Å². The molecule has 1 aliphatic carbocycles. The summed E-state index contributed by atoms with van der Waals surface area (Å²) < 4.78 is 0. The van der Waals surface area contributed by atoms with Crippen LogP contribution in [0.15, 0.2) is 0 Å². The van der Waals surface area contributed by atoms with Crippen LogP contribution in [-0.2, 0) is 0 Å². The second-order valence-electron chi connectivity index (χ2n) is 6.24. The number of halogens is 1. The highest BCUT2D eigenvalue weighted by atomic mass is 79.9. The van der Waals surface area contributed by atoms with Gasteiger partial charge in [-0.3, -0.25) is 0 Å². The summed E-state index contributed by atoms with van der Waals surface area (Å²) in [4.78, 5) is 0.581. The topological polar surface area (TPSA) is 24.1 Å². The fourth-order valence-electron chi connectivity index (χ4n) is 4.23. The molecule has 3 fully saturated rings. The zero-order valence-corrected chi connectivity index (χ0v) is 12.2. The van der Waals surface area contributed by atoms with Crippen molar-refractivity contribution in [2.75, 3.05) is 13.1 Å². The van der Waals surface area contributed by atoms with Crippen molar-refractivity contribution >= 4 is 15.9 Å². The highest BCUT2D eigenvalue weighted by Crippen LogP contribution is 2.43. The Hall–Kier alpha value is 0.400. The first-order valence-electron chi connectivity index (χ1n) is 7.45. The van der Waals surface area contributed by atoms with Gasteiger partial charge in [0.15, 0.2) is 0 Å². The second-order valence-corrected chi connectivity index (χ2v) is 7.22. The fourth-order valence-corrected chi connectivity index (χ4v) is 5.18. The lowest BCUT2D eigenvalue weighted by Crippen LogP contribution is -2.33. The summed E-state index contributed by atoms with van der Waals surface area (Å²) in [5.74, 6) is 2.76. The Kier molecular flexibility index (Phi) is 4.08. The number of hydrogen-bond donors (Lipinski definition) is 2. The molecule has 0 spiro atoms. The number of piperidine rings is 1. The third-order valence-electron chi connectivity index (χ3n) is 5.12. The minimum Gasteiger partial charge on any atom is -0.316 e. The molecule has 5 atom stereocenters. The summed E-state index contributed by atoms with van der Waals surface area (Å²) in [5.41, 5.74) is 0. The van der Waals surface area contributed by atoms with Crippen LogP contribution in [0.25, 0.3) is 0 Å². The quantitative estimate of drug-likeness (QED) is 0.605. The maximum Gasteiger partial charge on any atom is 0.0664 e. The first-order chi connectivity index (χ1) is 8.34. The zero-order chi connectivity index (χ0) is 11.7. The van der Waals surface area contributed by atoms with Gasteiger partial charge < -0.3 is 10.6 Å². The van der Waals surface area contributed by atoms with E-state index in [1.54, 1.807) is 0 Å². The average molecular weight is 301 g/mol. The molecule has 3 rings (SSSR count). The molecule has 1 saturated carbocycles. The molecule has 2 nitrogen and oxygen atoms in total. The van der Waals surface area contributed by atoms with Gasteiger partial charge in [-0.1, -0.05) is 28.8 Å². The number of hydrogen-bond acceptors (Lipinski definition) is 2. The molecular formula is C14H25BrN2. The smallest absolute Gasteiger partial charge is 0.0664 e. The molecule has 3 heteroatoms. The maximum absolute atomic E-state index is 3.89. The summed E-state index contributed by atoms with van der Waals surface area (Å²) in [5, 5.41) is 7.35. The van der Waals surface area contributed by atoms with Crippen LogP contribution in [0.3, 0.4) is 0 Å². The maximum atomic E-state index is 3.89. The molecule has 2 heterocycles. The Morgan fingerprint density at radius 2 is 1.94 bits per heavy atom. The molecule has 2 N–H and O–H groups in total. The van der Waals surface area contributed by atoms with E-state index in [9.17, 15) is 0 Å². The third kappa shape index (κ3) is 2.71. The van der Waals surface area contributed by atoms with Crippen LogP contribution in [0.4, 0.5) is 0 Å². The second kappa shape index (κ2) is 5.58. The minimum absolute atomic E-state index is 0.581. The van der Waals surface area contributed by atoms with Gasteiger partial charge in [-0.05, 0) is 62.9 Å². The van der Waals surface area contributed by atoms with Crippen LogP contribution in [0.1, 0.15) is 44.9 Å². The van der Waals surface area contributed by atoms with Gasteiger partial charge in [0.25, 0.3) is 0 Å². The highest BCUT2D eigenvalue weighted by molar-refractivity contribution is 9.09. The molecule has 3 aliphatic rings. The Morgan fingerprint density at radius 3 is 2.76 bits per heavy atom. The van der Waals surface area contributed by atoms with E-state index in [4.69, 9.17) is 0 Å². The van der Waals surface area contributed by atoms with E-state index in [0.29, 0.717) is 4.95 Å². The summed E-state index contributed by atoms with van der Waals surface area (Å²) in [7, 11) is 0. The van der Waals surface area contributed by atoms with Gasteiger partial charge >= 0.3 is 0 Å². The molecular weight excluding hydrogens is 276 g/mol. The first-order valence-corrected chi connectivity index (χ1v) is 8.37. The Morgan fingerprint density at radius 1 is 1.06 bits per heavy atom. The SMILES string of the molecule is BrC1NC2CCCCC2C1C[C@H]1CCCNC1. The van der Waals surface area contributed by atoms with Gasteiger partial charge in [-0.15, -0.1) is 0 Å². The van der Waals surface area contributed by atoms with Gasteiger partial charge in [0.2, 0.25) is 0 Å². The van der Waals surface area contributed by atoms with Gasteiger partial charge in [-0.2, -0.15) is 0 Å². The zero-order valence-electron chi connectivity index (χ0n) is 10.6. The fraction of sp³-hybridized carbons (Fsp3) is 1.00. The van der Waals surface area contributed by atoms with Crippen molar-refractivity contribution in [1.29, 1.82) is 0 Å². The van der Waals surface area contributed by atoms with Crippen molar-refractivity contribution in [2.45, 2.75) is 55.9 Å². The average Bonchev–Trinajstić information content (AvgIpc) is 2.68. The Labute approximate surface area is 113 Å². The number of fused-ring (bicyclic) bond motifs is 1. The number of rotatable bonds is 2. The van der Waals surface area contributed by atoms with E-state index in [-0.39, 0.29) is 0 Å². The van der Waals surface area contributed by atoms with E-state index in [1.165, 1.54) is 58.0 Å². The van der Waals surface area contributed by atoms with Crippen molar-refractivity contribution in [3.05, 3.63) is 0 Å². The van der Waals surface area contributed by atoms with Gasteiger partial charge in [0, 0.05) is 6.04 Å². The third-order valence-corrected chi connectivity index (χ3v) is 6.07. The molecule has 0 aromatic heterocycles. The lowest BCUT2D eigenvalue weighted by Gasteiger charge is -2.32. The van der Waals surface area contributed by atoms with E-state index < -0.39 is 0 Å². The number of alkyl halides is 1. The monoisotopic (exact) mass is 300 g/mol. The Balaban J connectivity index is 1.60. The summed E-state index contributed by atoms with van der Waals surface area (Å²) >= 11 is 3.89. The molecule has 2 saturated heterocycles. The van der Waals surface area contributed by atoms with E-state index in [0.717, 1.165) is 23.8 Å². The molecule has 0 radical (unpaired) electrons. The van der Waals surface area contributed by atoms with Crippen molar-refractivity contribution in [3.8, 4) is 0 Å².